The number of amides is 1. The maximum absolute atomic E-state index is 14.2. The molecule has 1 aromatic heterocycles. The third kappa shape index (κ3) is 6.47. The van der Waals surface area contributed by atoms with Gasteiger partial charge in [0.1, 0.15) is 17.0 Å². The summed E-state index contributed by atoms with van der Waals surface area (Å²) in [5.74, 6) is 3.18. The number of benzene rings is 1. The molecule has 8 heteroatoms. The lowest BCUT2D eigenvalue weighted by Gasteiger charge is -2.37. The molecule has 1 aromatic carbocycles. The van der Waals surface area contributed by atoms with E-state index in [1.165, 1.54) is 0 Å². The Morgan fingerprint density at radius 1 is 1.14 bits per heavy atom. The van der Waals surface area contributed by atoms with Crippen LogP contribution in [0.4, 0.5) is 5.69 Å². The molecule has 0 bridgehead atoms. The summed E-state index contributed by atoms with van der Waals surface area (Å²) < 4.78 is 12.3. The van der Waals surface area contributed by atoms with E-state index in [1.807, 2.05) is 25.9 Å². The molecule has 0 unspecified atom stereocenters. The van der Waals surface area contributed by atoms with Gasteiger partial charge >= 0.3 is 0 Å². The highest BCUT2D eigenvalue weighted by Crippen LogP contribution is 2.39. The van der Waals surface area contributed by atoms with Gasteiger partial charge in [-0.05, 0) is 103 Å². The fraction of sp³-hybridized carbons (Fsp3) is 0.571. The molecule has 4 heterocycles. The van der Waals surface area contributed by atoms with E-state index in [0.717, 1.165) is 103 Å². The molecule has 0 radical (unpaired) electrons. The molecular weight excluding hydrogens is 540 g/mol. The molecule has 5 rings (SSSR count). The van der Waals surface area contributed by atoms with Crippen LogP contribution in [0.1, 0.15) is 94.8 Å². The van der Waals surface area contributed by atoms with E-state index in [2.05, 4.69) is 60.3 Å². The highest BCUT2D eigenvalue weighted by Gasteiger charge is 2.30. The van der Waals surface area contributed by atoms with Gasteiger partial charge in [0.15, 0.2) is 5.94 Å². The van der Waals surface area contributed by atoms with Crippen LogP contribution < -0.4 is 15.5 Å². The number of anilines is 1. The van der Waals surface area contributed by atoms with Crippen molar-refractivity contribution in [3.05, 3.63) is 57.6 Å². The maximum atomic E-state index is 14.2. The van der Waals surface area contributed by atoms with Crippen LogP contribution in [0.2, 0.25) is 0 Å². The number of ether oxygens (including phenoxy) is 1. The van der Waals surface area contributed by atoms with E-state index < -0.39 is 0 Å². The zero-order chi connectivity index (χ0) is 30.7. The molecule has 43 heavy (non-hydrogen) atoms. The van der Waals surface area contributed by atoms with Crippen molar-refractivity contribution in [2.24, 2.45) is 0 Å². The van der Waals surface area contributed by atoms with Gasteiger partial charge in [-0.1, -0.05) is 6.92 Å². The Balaban J connectivity index is 1.55. The van der Waals surface area contributed by atoms with E-state index in [-0.39, 0.29) is 12.5 Å². The summed E-state index contributed by atoms with van der Waals surface area (Å²) in [5, 5.41) is 7.12. The van der Waals surface area contributed by atoms with Gasteiger partial charge in [-0.3, -0.25) is 4.79 Å². The summed E-state index contributed by atoms with van der Waals surface area (Å²) in [7, 11) is 0. The minimum Gasteiger partial charge on any atom is -0.461 e. The van der Waals surface area contributed by atoms with Gasteiger partial charge in [0, 0.05) is 72.7 Å². The Kier molecular flexibility index (Phi) is 9.80. The topological polar surface area (TPSA) is 87.1 Å². The molecule has 2 fully saturated rings. The summed E-state index contributed by atoms with van der Waals surface area (Å²) in [5.41, 5.74) is 6.52. The Morgan fingerprint density at radius 3 is 2.49 bits per heavy atom. The van der Waals surface area contributed by atoms with E-state index in [1.54, 1.807) is 0 Å². The van der Waals surface area contributed by atoms with Crippen molar-refractivity contribution in [1.29, 1.82) is 0 Å². The van der Waals surface area contributed by atoms with Crippen LogP contribution in [0.5, 0.6) is 0 Å². The molecule has 0 saturated carbocycles. The molecule has 2 aromatic rings. The van der Waals surface area contributed by atoms with Crippen molar-refractivity contribution in [2.75, 3.05) is 44.3 Å². The Labute approximate surface area is 256 Å². The lowest BCUT2D eigenvalue weighted by molar-refractivity contribution is 0.0845. The highest BCUT2D eigenvalue weighted by molar-refractivity contribution is 6.09. The van der Waals surface area contributed by atoms with Gasteiger partial charge in [0.2, 0.25) is 0 Å². The van der Waals surface area contributed by atoms with Crippen molar-refractivity contribution in [2.45, 2.75) is 91.6 Å². The lowest BCUT2D eigenvalue weighted by atomic mass is 9.92. The Morgan fingerprint density at radius 2 is 1.86 bits per heavy atom. The Hall–Kier alpha value is -3.32. The van der Waals surface area contributed by atoms with E-state index in [9.17, 15) is 9.59 Å². The number of nitrogens with zero attached hydrogens (tertiary/aromatic N) is 2. The number of furan rings is 1. The van der Waals surface area contributed by atoms with Gasteiger partial charge in [0.25, 0.3) is 5.91 Å². The number of carbonyl (C=O) groups is 1. The summed E-state index contributed by atoms with van der Waals surface area (Å²) in [4.78, 5) is 30.9. The zero-order valence-corrected chi connectivity index (χ0v) is 26.8. The van der Waals surface area contributed by atoms with Crippen LogP contribution in [0.3, 0.4) is 0 Å². The molecule has 3 aliphatic rings. The van der Waals surface area contributed by atoms with Crippen molar-refractivity contribution >= 4 is 28.5 Å². The van der Waals surface area contributed by atoms with Crippen LogP contribution in [-0.4, -0.2) is 68.2 Å². The fourth-order valence-electron chi connectivity index (χ4n) is 7.12. The normalized spacial score (nSPS) is 19.0. The van der Waals surface area contributed by atoms with Crippen LogP contribution in [-0.2, 0) is 16.0 Å². The van der Waals surface area contributed by atoms with Gasteiger partial charge in [-0.2, -0.15) is 0 Å². The molecule has 1 amide bonds. The van der Waals surface area contributed by atoms with Crippen LogP contribution in [0.15, 0.2) is 45.2 Å². The number of hydrogen-bond donors (Lipinski definition) is 2. The van der Waals surface area contributed by atoms with E-state index in [4.69, 9.17) is 9.15 Å². The van der Waals surface area contributed by atoms with Gasteiger partial charge < -0.3 is 29.6 Å². The largest absolute Gasteiger partial charge is 0.461 e. The number of nitrogens with one attached hydrogen (secondary N) is 2. The summed E-state index contributed by atoms with van der Waals surface area (Å²) >= 11 is 0. The number of piperidine rings is 1. The molecule has 0 spiro atoms. The first-order chi connectivity index (χ1) is 20.7. The third-order valence-corrected chi connectivity index (χ3v) is 9.51. The quantitative estimate of drug-likeness (QED) is 0.355. The average molecular weight is 589 g/mol. The summed E-state index contributed by atoms with van der Waals surface area (Å²) in [6.07, 6.45) is 6.71. The summed E-state index contributed by atoms with van der Waals surface area (Å²) in [6, 6.07) is 5.20. The minimum atomic E-state index is -0.148. The standard InChI is InChI=1S/C35H48N4O4/c1-7-27-31(39(8-2)26-11-15-42-16-12-26)19-33-28(18-32(43-33)25-9-13-38(14-10-25)22(3)4)34(27)35(41)36-20-29-23(5)17-24(6)37-30(29)21-40/h17-19,22,25-26,37H,7-16,20H2,1-6H3,(H,36,41). The first-order valence-corrected chi connectivity index (χ1v) is 16.1. The molecular formula is C35H48N4O4. The first-order valence-electron chi connectivity index (χ1n) is 16.1. The van der Waals surface area contributed by atoms with Crippen molar-refractivity contribution in [3.63, 3.8) is 0 Å². The van der Waals surface area contributed by atoms with Gasteiger partial charge in [0.05, 0.1) is 5.56 Å². The molecule has 232 valence electrons. The van der Waals surface area contributed by atoms with Crippen LogP contribution in [0.25, 0.3) is 11.0 Å². The van der Waals surface area contributed by atoms with E-state index in [0.29, 0.717) is 35.7 Å². The fourth-order valence-corrected chi connectivity index (χ4v) is 7.12. The SMILES string of the molecule is CCc1c(N(CC)C2CCOCC2)cc2oc(C3CCN(C(C)C)CC3)cc2c1C(=O)NCC1=C(C)C=C(C)NC1=C=O. The van der Waals surface area contributed by atoms with Crippen LogP contribution in [0, 0.1) is 0 Å². The first kappa shape index (κ1) is 31.1. The minimum absolute atomic E-state index is 0.148. The molecule has 3 aliphatic heterocycles. The van der Waals surface area contributed by atoms with E-state index >= 15 is 0 Å². The molecule has 0 aliphatic carbocycles. The summed E-state index contributed by atoms with van der Waals surface area (Å²) in [6.45, 7) is 17.4. The van der Waals surface area contributed by atoms with Crippen LogP contribution >= 0.6 is 0 Å². The second-order valence-corrected chi connectivity index (χ2v) is 12.5. The molecule has 8 nitrogen and oxygen atoms in total. The number of rotatable bonds is 9. The maximum Gasteiger partial charge on any atom is 0.252 e. The van der Waals surface area contributed by atoms with Gasteiger partial charge in [-0.25, -0.2) is 4.79 Å². The smallest absolute Gasteiger partial charge is 0.252 e. The zero-order valence-electron chi connectivity index (χ0n) is 26.8. The number of carbonyl (C=O) groups excluding carboxylic acids is 2. The monoisotopic (exact) mass is 588 g/mol. The number of likely N-dealkylation sites (tertiary alicyclic amines) is 1. The van der Waals surface area contributed by atoms with Crippen molar-refractivity contribution in [3.8, 4) is 0 Å². The second kappa shape index (κ2) is 13.5. The number of fused-ring (bicyclic) bond motifs is 1. The molecule has 2 saturated heterocycles. The number of dihydropyridines is 1. The number of hydrogen-bond acceptors (Lipinski definition) is 7. The lowest BCUT2D eigenvalue weighted by Crippen LogP contribution is -2.40. The third-order valence-electron chi connectivity index (χ3n) is 9.51. The highest BCUT2D eigenvalue weighted by atomic mass is 16.5. The number of allylic oxidation sites excluding steroid dienone is 3. The predicted octanol–water partition coefficient (Wildman–Crippen LogP) is 5.86. The van der Waals surface area contributed by atoms with Crippen molar-refractivity contribution < 1.29 is 18.7 Å². The van der Waals surface area contributed by atoms with Crippen molar-refractivity contribution in [1.82, 2.24) is 15.5 Å². The second-order valence-electron chi connectivity index (χ2n) is 12.5. The Bertz CT molecular complexity index is 1450. The molecule has 2 N–H and O–H groups in total. The average Bonchev–Trinajstić information content (AvgIpc) is 3.44. The molecule has 0 atom stereocenters. The van der Waals surface area contributed by atoms with Gasteiger partial charge in [-0.15, -0.1) is 0 Å². The predicted molar refractivity (Wildman–Crippen MR) is 172 cm³/mol.